The van der Waals surface area contributed by atoms with Crippen LogP contribution in [0.25, 0.3) is 6.08 Å². The molecule has 0 radical (unpaired) electrons. The minimum atomic E-state index is -0.772. The Labute approximate surface area is 229 Å². The molecule has 0 N–H and O–H groups in total. The van der Waals surface area contributed by atoms with Crippen molar-refractivity contribution in [2.75, 3.05) is 20.3 Å². The number of ether oxygens (including phenoxy) is 4. The minimum absolute atomic E-state index is 0.113. The van der Waals surface area contributed by atoms with Crippen molar-refractivity contribution in [3.63, 3.8) is 0 Å². The summed E-state index contributed by atoms with van der Waals surface area (Å²) in [6, 6.07) is 13.6. The molecule has 39 heavy (non-hydrogen) atoms. The van der Waals surface area contributed by atoms with E-state index in [9.17, 15) is 14.4 Å². The lowest BCUT2D eigenvalue weighted by Gasteiger charge is -2.26. The first-order valence-corrected chi connectivity index (χ1v) is 13.3. The smallest absolute Gasteiger partial charge is 0.343 e. The van der Waals surface area contributed by atoms with Crippen LogP contribution in [-0.4, -0.2) is 42.9 Å². The van der Waals surface area contributed by atoms with Crippen LogP contribution in [0, 0.1) is 0 Å². The molecule has 0 spiro atoms. The molecule has 3 aromatic rings. The van der Waals surface area contributed by atoms with Gasteiger partial charge in [0.15, 0.2) is 11.4 Å². The van der Waals surface area contributed by atoms with Gasteiger partial charge in [0.1, 0.15) is 17.5 Å². The van der Waals surface area contributed by atoms with Crippen molar-refractivity contribution in [2.45, 2.75) is 39.8 Å². The van der Waals surface area contributed by atoms with E-state index in [1.165, 1.54) is 23.0 Å². The average Bonchev–Trinajstić information content (AvgIpc) is 3.21. The normalized spacial score (nSPS) is 15.0. The number of rotatable bonds is 9. The Bertz CT molecular complexity index is 1580. The molecular weight excluding hydrogens is 520 g/mol. The van der Waals surface area contributed by atoms with Crippen LogP contribution in [0.5, 0.6) is 11.5 Å². The van der Waals surface area contributed by atoms with Crippen LogP contribution >= 0.6 is 11.3 Å². The lowest BCUT2D eigenvalue weighted by molar-refractivity contribution is -0.143. The second kappa shape index (κ2) is 12.1. The predicted octanol–water partition coefficient (Wildman–Crippen LogP) is 3.14. The topological polar surface area (TPSA) is 105 Å². The zero-order valence-corrected chi connectivity index (χ0v) is 23.2. The highest BCUT2D eigenvalue weighted by atomic mass is 32.1. The van der Waals surface area contributed by atoms with E-state index >= 15 is 0 Å². The van der Waals surface area contributed by atoms with E-state index in [1.54, 1.807) is 44.2 Å². The van der Waals surface area contributed by atoms with E-state index in [0.29, 0.717) is 37.7 Å². The maximum Gasteiger partial charge on any atom is 0.343 e. The number of methoxy groups -OCH3 is 1. The molecule has 0 saturated carbocycles. The number of benzene rings is 2. The lowest BCUT2D eigenvalue weighted by Crippen LogP contribution is -2.40. The number of allylic oxidation sites excluding steroid dienone is 1. The second-order valence-corrected chi connectivity index (χ2v) is 9.95. The molecule has 2 aromatic carbocycles. The van der Waals surface area contributed by atoms with Crippen molar-refractivity contribution < 1.29 is 28.5 Å². The number of para-hydroxylation sites is 1. The van der Waals surface area contributed by atoms with E-state index in [-0.39, 0.29) is 24.9 Å². The zero-order valence-electron chi connectivity index (χ0n) is 22.4. The van der Waals surface area contributed by atoms with Gasteiger partial charge in [-0.1, -0.05) is 41.7 Å². The van der Waals surface area contributed by atoms with Gasteiger partial charge >= 0.3 is 11.9 Å². The summed E-state index contributed by atoms with van der Waals surface area (Å²) in [5.41, 5.74) is 1.92. The van der Waals surface area contributed by atoms with Gasteiger partial charge in [-0.15, -0.1) is 0 Å². The SMILES string of the molecule is CCOC(=O)C1=C(C)N=c2s/c(=C/c3ccc(OCC(=O)OC)cc3)c(=O)n2[C@H]1c1ccccc1OC(C)C. The third kappa shape index (κ3) is 6.12. The minimum Gasteiger partial charge on any atom is -0.491 e. The Morgan fingerprint density at radius 2 is 1.85 bits per heavy atom. The lowest BCUT2D eigenvalue weighted by atomic mass is 9.95. The molecule has 10 heteroatoms. The fourth-order valence-electron chi connectivity index (χ4n) is 4.17. The van der Waals surface area contributed by atoms with E-state index in [4.69, 9.17) is 14.2 Å². The predicted molar refractivity (Wildman–Crippen MR) is 147 cm³/mol. The monoisotopic (exact) mass is 550 g/mol. The highest BCUT2D eigenvalue weighted by molar-refractivity contribution is 7.07. The summed E-state index contributed by atoms with van der Waals surface area (Å²) < 4.78 is 23.4. The molecular formula is C29H30N2O7S. The number of nitrogens with zero attached hydrogens (tertiary/aromatic N) is 2. The molecule has 0 fully saturated rings. The van der Waals surface area contributed by atoms with E-state index < -0.39 is 18.0 Å². The average molecular weight is 551 g/mol. The molecule has 2 heterocycles. The summed E-state index contributed by atoms with van der Waals surface area (Å²) in [6.07, 6.45) is 1.64. The van der Waals surface area contributed by atoms with Crippen LogP contribution in [0.15, 0.2) is 69.6 Å². The number of hydrogen-bond donors (Lipinski definition) is 0. The van der Waals surface area contributed by atoms with Gasteiger partial charge in [-0.2, -0.15) is 0 Å². The highest BCUT2D eigenvalue weighted by Gasteiger charge is 2.35. The highest BCUT2D eigenvalue weighted by Crippen LogP contribution is 2.36. The van der Waals surface area contributed by atoms with Crippen LogP contribution < -0.4 is 24.4 Å². The number of hydrogen-bond acceptors (Lipinski definition) is 9. The third-order valence-electron chi connectivity index (χ3n) is 5.86. The molecule has 9 nitrogen and oxygen atoms in total. The van der Waals surface area contributed by atoms with Crippen LogP contribution in [0.3, 0.4) is 0 Å². The van der Waals surface area contributed by atoms with Gasteiger partial charge in [-0.3, -0.25) is 9.36 Å². The Morgan fingerprint density at radius 1 is 1.13 bits per heavy atom. The summed E-state index contributed by atoms with van der Waals surface area (Å²) >= 11 is 1.24. The number of thiazole rings is 1. The van der Waals surface area contributed by atoms with Gasteiger partial charge in [0.25, 0.3) is 5.56 Å². The van der Waals surface area contributed by atoms with Crippen molar-refractivity contribution in [1.82, 2.24) is 4.57 Å². The number of esters is 2. The van der Waals surface area contributed by atoms with Crippen molar-refractivity contribution in [3.05, 3.63) is 90.6 Å². The summed E-state index contributed by atoms with van der Waals surface area (Å²) in [5, 5.41) is 0. The third-order valence-corrected chi connectivity index (χ3v) is 6.84. The maximum atomic E-state index is 13.8. The van der Waals surface area contributed by atoms with Crippen molar-refractivity contribution in [3.8, 4) is 11.5 Å². The second-order valence-electron chi connectivity index (χ2n) is 8.94. The van der Waals surface area contributed by atoms with Gasteiger partial charge in [0.2, 0.25) is 0 Å². The number of carbonyl (C=O) groups is 2. The molecule has 1 aliphatic rings. The molecule has 0 bridgehead atoms. The van der Waals surface area contributed by atoms with Crippen molar-refractivity contribution in [1.29, 1.82) is 0 Å². The first-order valence-electron chi connectivity index (χ1n) is 12.5. The Hall–Kier alpha value is -4.18. The molecule has 0 unspecified atom stereocenters. The quantitative estimate of drug-likeness (QED) is 0.377. The van der Waals surface area contributed by atoms with Crippen LogP contribution in [0.1, 0.15) is 44.9 Å². The van der Waals surface area contributed by atoms with Crippen LogP contribution in [0.2, 0.25) is 0 Å². The Balaban J connectivity index is 1.82. The van der Waals surface area contributed by atoms with Crippen molar-refractivity contribution in [2.24, 2.45) is 4.99 Å². The molecule has 0 saturated heterocycles. The van der Waals surface area contributed by atoms with E-state index in [0.717, 1.165) is 5.56 Å². The van der Waals surface area contributed by atoms with Gasteiger partial charge in [0, 0.05) is 5.56 Å². The van der Waals surface area contributed by atoms with Gasteiger partial charge in [-0.05, 0) is 57.5 Å². The molecule has 0 aliphatic carbocycles. The van der Waals surface area contributed by atoms with Crippen molar-refractivity contribution >= 4 is 29.4 Å². The summed E-state index contributed by atoms with van der Waals surface area (Å²) in [5.74, 6) is 0.0640. The maximum absolute atomic E-state index is 13.8. The number of fused-ring (bicyclic) bond motifs is 1. The standard InChI is InChI=1S/C29H30N2O7S/c1-6-36-28(34)25-18(4)30-29-31(26(25)21-9-7-8-10-22(21)38-17(2)3)27(33)23(39-29)15-19-11-13-20(14-12-19)37-16-24(32)35-5/h7-15,17,26H,6,16H2,1-5H3/b23-15+/t26-/m0/s1. The Morgan fingerprint density at radius 3 is 2.51 bits per heavy atom. The Kier molecular flexibility index (Phi) is 8.65. The van der Waals surface area contributed by atoms with Crippen LogP contribution in [0.4, 0.5) is 0 Å². The first-order chi connectivity index (χ1) is 18.7. The molecule has 1 aliphatic heterocycles. The zero-order chi connectivity index (χ0) is 28.1. The number of aromatic nitrogens is 1. The molecule has 4 rings (SSSR count). The molecule has 0 amide bonds. The fraction of sp³-hybridized carbons (Fsp3) is 0.310. The van der Waals surface area contributed by atoms with Gasteiger partial charge in [-0.25, -0.2) is 14.6 Å². The largest absolute Gasteiger partial charge is 0.491 e. The first kappa shape index (κ1) is 27.8. The van der Waals surface area contributed by atoms with Crippen LogP contribution in [-0.2, 0) is 19.1 Å². The summed E-state index contributed by atoms with van der Waals surface area (Å²) in [7, 11) is 1.29. The van der Waals surface area contributed by atoms with Gasteiger partial charge in [0.05, 0.1) is 35.6 Å². The van der Waals surface area contributed by atoms with Gasteiger partial charge < -0.3 is 18.9 Å². The molecule has 204 valence electrons. The molecule has 1 atom stereocenters. The number of carbonyl (C=O) groups excluding carboxylic acids is 2. The van der Waals surface area contributed by atoms with E-state index in [2.05, 4.69) is 9.73 Å². The molecule has 1 aromatic heterocycles. The summed E-state index contributed by atoms with van der Waals surface area (Å²) in [4.78, 5) is 43.4. The fourth-order valence-corrected chi connectivity index (χ4v) is 5.21. The van der Waals surface area contributed by atoms with E-state index in [1.807, 2.05) is 38.1 Å². The summed E-state index contributed by atoms with van der Waals surface area (Å²) in [6.45, 7) is 7.31.